The van der Waals surface area contributed by atoms with Crippen molar-refractivity contribution in [3.05, 3.63) is 58.6 Å². The first-order chi connectivity index (χ1) is 12.9. The van der Waals surface area contributed by atoms with Gasteiger partial charge in [0.1, 0.15) is 5.75 Å². The summed E-state index contributed by atoms with van der Waals surface area (Å²) >= 11 is 3.42. The van der Waals surface area contributed by atoms with Crippen molar-refractivity contribution in [2.45, 2.75) is 32.0 Å². The summed E-state index contributed by atoms with van der Waals surface area (Å²) in [5.74, 6) is -1.35. The number of rotatable bonds is 3. The second-order valence-corrected chi connectivity index (χ2v) is 7.92. The molecule has 2 aliphatic heterocycles. The van der Waals surface area contributed by atoms with Crippen LogP contribution in [0.2, 0.25) is 0 Å². The number of fused-ring (bicyclic) bond motifs is 1. The molecule has 4 rings (SSSR count). The molecule has 2 fully saturated rings. The van der Waals surface area contributed by atoms with Crippen LogP contribution in [0, 0.1) is 5.92 Å². The second kappa shape index (κ2) is 6.74. The fourth-order valence-corrected chi connectivity index (χ4v) is 4.18. The molecule has 0 bridgehead atoms. The van der Waals surface area contributed by atoms with Gasteiger partial charge in [0.15, 0.2) is 6.10 Å². The van der Waals surface area contributed by atoms with Crippen molar-refractivity contribution in [2.75, 3.05) is 4.90 Å². The highest BCUT2D eigenvalue weighted by atomic mass is 79.9. The van der Waals surface area contributed by atoms with Gasteiger partial charge in [-0.1, -0.05) is 34.1 Å². The Balaban J connectivity index is 1.80. The van der Waals surface area contributed by atoms with E-state index in [-0.39, 0.29) is 23.6 Å². The Morgan fingerprint density at radius 2 is 1.78 bits per heavy atom. The molecule has 2 aromatic rings. The number of phenols is 1. The highest BCUT2D eigenvalue weighted by Gasteiger charge is 2.60. The van der Waals surface area contributed by atoms with E-state index in [1.54, 1.807) is 47.5 Å². The minimum absolute atomic E-state index is 0.0662. The van der Waals surface area contributed by atoms with Crippen LogP contribution in [0.5, 0.6) is 5.75 Å². The van der Waals surface area contributed by atoms with Crippen molar-refractivity contribution in [1.29, 1.82) is 0 Å². The lowest BCUT2D eigenvalue weighted by molar-refractivity contribution is -0.186. The largest absolute Gasteiger partial charge is 0.508 e. The van der Waals surface area contributed by atoms with E-state index < -0.39 is 18.1 Å². The van der Waals surface area contributed by atoms with Crippen LogP contribution in [0.25, 0.3) is 0 Å². The summed E-state index contributed by atoms with van der Waals surface area (Å²) in [5.41, 5.74) is 1.08. The smallest absolute Gasteiger partial charge is 0.265 e. The lowest BCUT2D eigenvalue weighted by atomic mass is 9.90. The zero-order valence-corrected chi connectivity index (χ0v) is 16.5. The second-order valence-electron chi connectivity index (χ2n) is 7.00. The maximum Gasteiger partial charge on any atom is 0.265 e. The molecule has 0 aromatic heterocycles. The molecule has 2 amide bonds. The van der Waals surface area contributed by atoms with E-state index in [4.69, 9.17) is 4.84 Å². The number of phenolic OH excluding ortho intramolecular Hbond substituents is 1. The van der Waals surface area contributed by atoms with Crippen molar-refractivity contribution < 1.29 is 19.5 Å². The monoisotopic (exact) mass is 430 g/mol. The first kappa shape index (κ1) is 18.2. The molecule has 0 saturated carbocycles. The van der Waals surface area contributed by atoms with E-state index in [2.05, 4.69) is 15.9 Å². The minimum atomic E-state index is -0.900. The van der Waals surface area contributed by atoms with Crippen molar-refractivity contribution in [3.8, 4) is 5.75 Å². The topological polar surface area (TPSA) is 70.1 Å². The Hall–Kier alpha value is -2.22. The number of benzene rings is 2. The maximum atomic E-state index is 13.3. The van der Waals surface area contributed by atoms with Gasteiger partial charge in [0.2, 0.25) is 5.91 Å². The average Bonchev–Trinajstić information content (AvgIpc) is 3.15. The van der Waals surface area contributed by atoms with E-state index in [1.165, 1.54) is 4.90 Å². The summed E-state index contributed by atoms with van der Waals surface area (Å²) in [6.07, 6.45) is -0.900. The maximum absolute atomic E-state index is 13.3. The number of aromatic hydroxyl groups is 1. The van der Waals surface area contributed by atoms with Gasteiger partial charge < -0.3 is 5.11 Å². The van der Waals surface area contributed by atoms with Gasteiger partial charge in [-0.15, -0.1) is 0 Å². The first-order valence-corrected chi connectivity index (χ1v) is 9.56. The van der Waals surface area contributed by atoms with Crippen LogP contribution in [0.4, 0.5) is 5.69 Å². The predicted molar refractivity (Wildman–Crippen MR) is 103 cm³/mol. The van der Waals surface area contributed by atoms with E-state index in [1.807, 2.05) is 19.9 Å². The molecule has 1 N–H and O–H groups in total. The number of carbonyl (C=O) groups excluding carboxylic acids is 2. The molecule has 140 valence electrons. The van der Waals surface area contributed by atoms with Crippen LogP contribution in [0.15, 0.2) is 53.0 Å². The van der Waals surface area contributed by atoms with Crippen molar-refractivity contribution in [1.82, 2.24) is 5.06 Å². The van der Waals surface area contributed by atoms with Gasteiger partial charge in [-0.25, -0.2) is 4.90 Å². The molecule has 2 heterocycles. The van der Waals surface area contributed by atoms with Crippen molar-refractivity contribution in [3.63, 3.8) is 0 Å². The van der Waals surface area contributed by atoms with Crippen LogP contribution in [-0.4, -0.2) is 34.1 Å². The van der Waals surface area contributed by atoms with Crippen molar-refractivity contribution in [2.24, 2.45) is 5.92 Å². The van der Waals surface area contributed by atoms with Crippen molar-refractivity contribution >= 4 is 33.4 Å². The fraction of sp³-hybridized carbons (Fsp3) is 0.300. The van der Waals surface area contributed by atoms with Gasteiger partial charge >= 0.3 is 0 Å². The minimum Gasteiger partial charge on any atom is -0.508 e. The van der Waals surface area contributed by atoms with Crippen LogP contribution < -0.4 is 4.90 Å². The van der Waals surface area contributed by atoms with E-state index >= 15 is 0 Å². The molecule has 3 atom stereocenters. The Kier molecular flexibility index (Phi) is 4.53. The summed E-state index contributed by atoms with van der Waals surface area (Å²) in [6.45, 7) is 3.85. The van der Waals surface area contributed by atoms with E-state index in [0.29, 0.717) is 11.3 Å². The molecule has 0 aliphatic carbocycles. The zero-order chi connectivity index (χ0) is 19.3. The third kappa shape index (κ3) is 2.86. The molecule has 2 saturated heterocycles. The van der Waals surface area contributed by atoms with Gasteiger partial charge in [-0.2, -0.15) is 5.06 Å². The van der Waals surface area contributed by atoms with Gasteiger partial charge in [-0.3, -0.25) is 14.4 Å². The number of hydrogen-bond donors (Lipinski definition) is 1. The number of hydrogen-bond acceptors (Lipinski definition) is 5. The molecule has 6 nitrogen and oxygen atoms in total. The number of carbonyl (C=O) groups is 2. The average molecular weight is 431 g/mol. The summed E-state index contributed by atoms with van der Waals surface area (Å²) < 4.78 is 0.777. The van der Waals surface area contributed by atoms with Crippen LogP contribution in [0.3, 0.4) is 0 Å². The van der Waals surface area contributed by atoms with Gasteiger partial charge in [0, 0.05) is 16.1 Å². The van der Waals surface area contributed by atoms with Crippen LogP contribution in [-0.2, 0) is 14.4 Å². The Morgan fingerprint density at radius 3 is 2.44 bits per heavy atom. The third-order valence-corrected chi connectivity index (χ3v) is 5.47. The first-order valence-electron chi connectivity index (χ1n) is 8.76. The Labute approximate surface area is 165 Å². The summed E-state index contributed by atoms with van der Waals surface area (Å²) in [5, 5.41) is 12.1. The molecule has 2 aliphatic rings. The highest BCUT2D eigenvalue weighted by molar-refractivity contribution is 9.10. The van der Waals surface area contributed by atoms with E-state index in [9.17, 15) is 14.7 Å². The lowest BCUT2D eigenvalue weighted by Crippen LogP contribution is -2.39. The Morgan fingerprint density at radius 1 is 1.07 bits per heavy atom. The molecule has 2 aromatic carbocycles. The number of amides is 2. The zero-order valence-electron chi connectivity index (χ0n) is 14.9. The van der Waals surface area contributed by atoms with Crippen LogP contribution in [0.1, 0.15) is 25.5 Å². The SMILES string of the molecule is CC(C)N1OC2C(=O)N(c3ccccc3)C(=O)C2C1c1cc(Br)ccc1O. The molecule has 3 unspecified atom stereocenters. The number of nitrogens with zero attached hydrogens (tertiary/aromatic N) is 2. The molecule has 0 spiro atoms. The normalized spacial score (nSPS) is 25.5. The fourth-order valence-electron chi connectivity index (χ4n) is 3.80. The standard InChI is InChI=1S/C20H19BrN2O4/c1-11(2)23-17(14-10-12(21)8-9-15(14)24)16-18(27-23)20(26)22(19(16)25)13-6-4-3-5-7-13/h3-11,16-18,24H,1-2H3. The van der Waals surface area contributed by atoms with Gasteiger partial charge in [-0.05, 0) is 44.2 Å². The summed E-state index contributed by atoms with van der Waals surface area (Å²) in [7, 11) is 0. The summed E-state index contributed by atoms with van der Waals surface area (Å²) in [4.78, 5) is 33.4. The number of halogens is 1. The molecule has 7 heteroatoms. The third-order valence-electron chi connectivity index (χ3n) is 4.98. The highest BCUT2D eigenvalue weighted by Crippen LogP contribution is 2.48. The quantitative estimate of drug-likeness (QED) is 0.755. The van der Waals surface area contributed by atoms with Gasteiger partial charge in [0.05, 0.1) is 17.6 Å². The number of imide groups is 1. The summed E-state index contributed by atoms with van der Waals surface area (Å²) in [6, 6.07) is 13.3. The number of hydroxylamine groups is 2. The van der Waals surface area contributed by atoms with E-state index in [0.717, 1.165) is 4.47 Å². The molecular formula is C20H19BrN2O4. The molecule has 0 radical (unpaired) electrons. The number of para-hydroxylation sites is 1. The lowest BCUT2D eigenvalue weighted by Gasteiger charge is -2.30. The predicted octanol–water partition coefficient (Wildman–Crippen LogP) is 3.41. The molecule has 27 heavy (non-hydrogen) atoms. The Bertz CT molecular complexity index is 902. The van der Waals surface area contributed by atoms with Gasteiger partial charge in [0.25, 0.3) is 5.91 Å². The van der Waals surface area contributed by atoms with Crippen LogP contribution >= 0.6 is 15.9 Å². The molecular weight excluding hydrogens is 412 g/mol. The number of anilines is 1.